The summed E-state index contributed by atoms with van der Waals surface area (Å²) >= 11 is 0. The van der Waals surface area contributed by atoms with E-state index in [4.69, 9.17) is 4.74 Å². The molecule has 0 amide bonds. The molecule has 4 saturated carbocycles. The molecule has 0 aromatic rings. The van der Waals surface area contributed by atoms with Crippen LogP contribution in [-0.4, -0.2) is 11.6 Å². The molecule has 18 heavy (non-hydrogen) atoms. The fourth-order valence-corrected chi connectivity index (χ4v) is 4.72. The first kappa shape index (κ1) is 12.5. The molecule has 4 rings (SSSR count). The molecule has 4 aliphatic carbocycles. The number of carbonyl (C=O) groups is 1. The molecule has 2 heteroatoms. The van der Waals surface area contributed by atoms with Gasteiger partial charge in [-0.3, -0.25) is 4.79 Å². The van der Waals surface area contributed by atoms with Crippen LogP contribution in [0.4, 0.5) is 0 Å². The van der Waals surface area contributed by atoms with Crippen LogP contribution in [0.1, 0.15) is 52.4 Å². The smallest absolute Gasteiger partial charge is 0.309 e. The molecule has 4 aliphatic rings. The van der Waals surface area contributed by atoms with Crippen molar-refractivity contribution in [3.63, 3.8) is 0 Å². The Labute approximate surface area is 110 Å². The zero-order chi connectivity index (χ0) is 12.9. The Morgan fingerprint density at radius 1 is 1.11 bits per heavy atom. The first-order chi connectivity index (χ1) is 8.47. The minimum absolute atomic E-state index is 0.0630. The fraction of sp³-hybridized carbons (Fsp3) is 0.875. The van der Waals surface area contributed by atoms with Crippen LogP contribution in [0.2, 0.25) is 0 Å². The molecule has 2 nitrogen and oxygen atoms in total. The molecular weight excluding hydrogens is 224 g/mol. The summed E-state index contributed by atoms with van der Waals surface area (Å²) in [6.07, 6.45) is 7.51. The van der Waals surface area contributed by atoms with E-state index in [9.17, 15) is 4.79 Å². The van der Waals surface area contributed by atoms with Crippen LogP contribution in [0.3, 0.4) is 0 Å². The third-order valence-corrected chi connectivity index (χ3v) is 5.41. The summed E-state index contributed by atoms with van der Waals surface area (Å²) in [5.41, 5.74) is -0.101. The van der Waals surface area contributed by atoms with Gasteiger partial charge in [0.15, 0.2) is 0 Å². The SMILES string of the molecule is [CH2]C(C(=O)OC12CC3CC(CC(C3)C1)C2)C(C)C. The highest BCUT2D eigenvalue weighted by Crippen LogP contribution is 2.57. The average Bonchev–Trinajstić information content (AvgIpc) is 2.24. The van der Waals surface area contributed by atoms with Gasteiger partial charge in [-0.05, 0) is 69.1 Å². The molecule has 1 atom stereocenters. The molecule has 0 saturated heterocycles. The lowest BCUT2D eigenvalue weighted by atomic mass is 9.54. The van der Waals surface area contributed by atoms with Gasteiger partial charge in [0.2, 0.25) is 0 Å². The molecule has 0 aromatic carbocycles. The Bertz CT molecular complexity index is 310. The first-order valence-electron chi connectivity index (χ1n) is 7.53. The Kier molecular flexibility index (Phi) is 2.95. The van der Waals surface area contributed by atoms with Crippen molar-refractivity contribution in [2.24, 2.45) is 29.6 Å². The van der Waals surface area contributed by atoms with Crippen molar-refractivity contribution in [2.75, 3.05) is 0 Å². The standard InChI is InChI=1S/C16H25O2/c1-10(2)11(3)15(17)18-16-7-12-4-13(8-16)6-14(5-12)9-16/h10-14H,3-9H2,1-2H3. The van der Waals surface area contributed by atoms with Gasteiger partial charge in [-0.1, -0.05) is 13.8 Å². The Balaban J connectivity index is 1.70. The predicted molar refractivity (Wildman–Crippen MR) is 70.7 cm³/mol. The minimum Gasteiger partial charge on any atom is -0.459 e. The van der Waals surface area contributed by atoms with Crippen LogP contribution in [0.25, 0.3) is 0 Å². The van der Waals surface area contributed by atoms with E-state index >= 15 is 0 Å². The quantitative estimate of drug-likeness (QED) is 0.714. The Hall–Kier alpha value is -0.530. The van der Waals surface area contributed by atoms with Crippen LogP contribution in [0.15, 0.2) is 0 Å². The van der Waals surface area contributed by atoms with E-state index in [0.29, 0.717) is 0 Å². The molecule has 101 valence electrons. The lowest BCUT2D eigenvalue weighted by Gasteiger charge is -2.55. The number of hydrogen-bond acceptors (Lipinski definition) is 2. The second-order valence-electron chi connectivity index (χ2n) is 7.37. The maximum Gasteiger partial charge on any atom is 0.309 e. The van der Waals surface area contributed by atoms with Crippen molar-refractivity contribution in [2.45, 2.75) is 58.0 Å². The highest BCUT2D eigenvalue weighted by atomic mass is 16.6. The van der Waals surface area contributed by atoms with Crippen LogP contribution >= 0.6 is 0 Å². The van der Waals surface area contributed by atoms with Crippen molar-refractivity contribution < 1.29 is 9.53 Å². The van der Waals surface area contributed by atoms with E-state index in [1.54, 1.807) is 0 Å². The van der Waals surface area contributed by atoms with Crippen molar-refractivity contribution in [3.05, 3.63) is 6.92 Å². The van der Waals surface area contributed by atoms with Gasteiger partial charge < -0.3 is 4.74 Å². The Morgan fingerprint density at radius 3 is 1.94 bits per heavy atom. The number of hydrogen-bond donors (Lipinski definition) is 0. The number of rotatable bonds is 3. The third kappa shape index (κ3) is 2.08. The second-order valence-corrected chi connectivity index (χ2v) is 7.37. The highest BCUT2D eigenvalue weighted by molar-refractivity contribution is 5.74. The zero-order valence-electron chi connectivity index (χ0n) is 11.7. The fourth-order valence-electron chi connectivity index (χ4n) is 4.72. The summed E-state index contributed by atoms with van der Waals surface area (Å²) in [5, 5.41) is 0. The molecule has 0 heterocycles. The highest BCUT2D eigenvalue weighted by Gasteiger charge is 2.53. The third-order valence-electron chi connectivity index (χ3n) is 5.41. The van der Waals surface area contributed by atoms with Gasteiger partial charge in [0.1, 0.15) is 5.60 Å². The van der Waals surface area contributed by atoms with Gasteiger partial charge in [0.05, 0.1) is 5.92 Å². The summed E-state index contributed by atoms with van der Waals surface area (Å²) < 4.78 is 5.97. The van der Waals surface area contributed by atoms with E-state index in [2.05, 4.69) is 6.92 Å². The van der Waals surface area contributed by atoms with Crippen LogP contribution in [0, 0.1) is 36.5 Å². The minimum atomic E-state index is -0.210. The first-order valence-corrected chi connectivity index (χ1v) is 7.53. The van der Waals surface area contributed by atoms with Crippen molar-refractivity contribution >= 4 is 5.97 Å². The van der Waals surface area contributed by atoms with Gasteiger partial charge in [0, 0.05) is 0 Å². The van der Waals surface area contributed by atoms with Crippen molar-refractivity contribution in [1.29, 1.82) is 0 Å². The maximum absolute atomic E-state index is 12.2. The summed E-state index contributed by atoms with van der Waals surface area (Å²) in [5.74, 6) is 2.47. The second kappa shape index (κ2) is 4.25. The molecule has 1 unspecified atom stereocenters. The zero-order valence-corrected chi connectivity index (χ0v) is 11.7. The van der Waals surface area contributed by atoms with E-state index < -0.39 is 0 Å². The molecule has 1 radical (unpaired) electrons. The molecular formula is C16H25O2. The van der Waals surface area contributed by atoms with Crippen LogP contribution in [-0.2, 0) is 9.53 Å². The van der Waals surface area contributed by atoms with E-state index in [1.807, 2.05) is 13.8 Å². The van der Waals surface area contributed by atoms with E-state index in [1.165, 1.54) is 19.3 Å². The van der Waals surface area contributed by atoms with Gasteiger partial charge >= 0.3 is 5.97 Å². The topological polar surface area (TPSA) is 26.3 Å². The average molecular weight is 249 g/mol. The summed E-state index contributed by atoms with van der Waals surface area (Å²) in [7, 11) is 0. The molecule has 0 spiro atoms. The predicted octanol–water partition coefficient (Wildman–Crippen LogP) is 3.60. The molecule has 4 fully saturated rings. The Morgan fingerprint density at radius 2 is 1.56 bits per heavy atom. The van der Waals surface area contributed by atoms with Crippen LogP contribution < -0.4 is 0 Å². The van der Waals surface area contributed by atoms with Gasteiger partial charge in [-0.2, -0.15) is 0 Å². The monoisotopic (exact) mass is 249 g/mol. The van der Waals surface area contributed by atoms with E-state index in [0.717, 1.165) is 37.0 Å². The molecule has 0 N–H and O–H groups in total. The van der Waals surface area contributed by atoms with E-state index in [-0.39, 0.29) is 23.4 Å². The summed E-state index contributed by atoms with van der Waals surface area (Å²) in [6.45, 7) is 8.04. The largest absolute Gasteiger partial charge is 0.459 e. The number of ether oxygens (including phenoxy) is 1. The summed E-state index contributed by atoms with van der Waals surface area (Å²) in [6, 6.07) is 0. The lowest BCUT2D eigenvalue weighted by Crippen LogP contribution is -2.53. The van der Waals surface area contributed by atoms with Gasteiger partial charge in [-0.25, -0.2) is 0 Å². The number of esters is 1. The maximum atomic E-state index is 12.2. The van der Waals surface area contributed by atoms with Gasteiger partial charge in [0.25, 0.3) is 0 Å². The molecule has 0 aliphatic heterocycles. The number of carbonyl (C=O) groups excluding carboxylic acids is 1. The van der Waals surface area contributed by atoms with Crippen molar-refractivity contribution in [3.8, 4) is 0 Å². The molecule has 4 bridgehead atoms. The molecule has 0 aromatic heterocycles. The van der Waals surface area contributed by atoms with Gasteiger partial charge in [-0.15, -0.1) is 0 Å². The van der Waals surface area contributed by atoms with Crippen molar-refractivity contribution in [1.82, 2.24) is 0 Å². The normalized spacial score (nSPS) is 43.2. The van der Waals surface area contributed by atoms with Crippen LogP contribution in [0.5, 0.6) is 0 Å². The summed E-state index contributed by atoms with van der Waals surface area (Å²) in [4.78, 5) is 12.2. The lowest BCUT2D eigenvalue weighted by molar-refractivity contribution is -0.190.